The van der Waals surface area contributed by atoms with E-state index in [0.717, 1.165) is 5.56 Å². The summed E-state index contributed by atoms with van der Waals surface area (Å²) in [6, 6.07) is 19.8. The molecule has 1 heterocycles. The van der Waals surface area contributed by atoms with Gasteiger partial charge in [0.15, 0.2) is 0 Å². The molecule has 0 fully saturated rings. The van der Waals surface area contributed by atoms with Crippen molar-refractivity contribution in [3.8, 4) is 28.0 Å². The standard InChI is InChI=1S/C21H13FO3/c22-15-8-6-14(7-9-15)20-19(13-4-2-1-3-5-13)17-11-10-16(23)12-18(17)25-21(20)24/h1-12,23H. The summed E-state index contributed by atoms with van der Waals surface area (Å²) >= 11 is 0. The minimum atomic E-state index is -0.538. The van der Waals surface area contributed by atoms with Crippen molar-refractivity contribution in [3.05, 3.63) is 89.0 Å². The zero-order valence-corrected chi connectivity index (χ0v) is 13.1. The van der Waals surface area contributed by atoms with Crippen molar-refractivity contribution in [2.75, 3.05) is 0 Å². The number of fused-ring (bicyclic) bond motifs is 1. The molecule has 3 nitrogen and oxygen atoms in total. The van der Waals surface area contributed by atoms with Gasteiger partial charge in [-0.15, -0.1) is 0 Å². The lowest BCUT2D eigenvalue weighted by molar-refractivity contribution is 0.473. The molecule has 1 aromatic heterocycles. The fourth-order valence-electron chi connectivity index (χ4n) is 2.97. The molecule has 0 spiro atoms. The van der Waals surface area contributed by atoms with Crippen molar-refractivity contribution >= 4 is 11.0 Å². The Morgan fingerprint density at radius 2 is 1.48 bits per heavy atom. The zero-order valence-electron chi connectivity index (χ0n) is 13.1. The van der Waals surface area contributed by atoms with E-state index in [9.17, 15) is 14.3 Å². The smallest absolute Gasteiger partial charge is 0.344 e. The van der Waals surface area contributed by atoms with Gasteiger partial charge in [-0.1, -0.05) is 42.5 Å². The number of phenolic OH excluding ortho intramolecular Hbond substituents is 1. The summed E-state index contributed by atoms with van der Waals surface area (Å²) in [5, 5.41) is 10.4. The fourth-order valence-corrected chi connectivity index (χ4v) is 2.97. The van der Waals surface area contributed by atoms with Crippen LogP contribution in [0.1, 0.15) is 0 Å². The summed E-state index contributed by atoms with van der Waals surface area (Å²) < 4.78 is 18.7. The molecule has 1 N–H and O–H groups in total. The Kier molecular flexibility index (Phi) is 3.58. The molecule has 3 aromatic carbocycles. The van der Waals surface area contributed by atoms with Crippen LogP contribution in [0.15, 0.2) is 82.0 Å². The van der Waals surface area contributed by atoms with Crippen LogP contribution in [-0.2, 0) is 0 Å². The summed E-state index contributed by atoms with van der Waals surface area (Å²) in [5.74, 6) is -0.357. The second kappa shape index (κ2) is 5.91. The Labute approximate surface area is 142 Å². The third kappa shape index (κ3) is 2.68. The van der Waals surface area contributed by atoms with Crippen LogP contribution in [0, 0.1) is 5.82 Å². The summed E-state index contributed by atoms with van der Waals surface area (Å²) in [6.45, 7) is 0. The van der Waals surface area contributed by atoms with Crippen molar-refractivity contribution in [1.29, 1.82) is 0 Å². The van der Waals surface area contributed by atoms with Crippen molar-refractivity contribution in [2.45, 2.75) is 0 Å². The van der Waals surface area contributed by atoms with Crippen LogP contribution in [-0.4, -0.2) is 5.11 Å². The van der Waals surface area contributed by atoms with Gasteiger partial charge in [0.05, 0.1) is 5.56 Å². The van der Waals surface area contributed by atoms with Gasteiger partial charge in [0.2, 0.25) is 0 Å². The Morgan fingerprint density at radius 1 is 0.800 bits per heavy atom. The monoisotopic (exact) mass is 332 g/mol. The van der Waals surface area contributed by atoms with E-state index in [1.54, 1.807) is 24.3 Å². The molecule has 0 aliphatic carbocycles. The van der Waals surface area contributed by atoms with Gasteiger partial charge in [-0.25, -0.2) is 9.18 Å². The molecular weight excluding hydrogens is 319 g/mol. The maximum absolute atomic E-state index is 13.3. The molecule has 25 heavy (non-hydrogen) atoms. The fraction of sp³-hybridized carbons (Fsp3) is 0. The lowest BCUT2D eigenvalue weighted by Crippen LogP contribution is -2.06. The average molecular weight is 332 g/mol. The number of aromatic hydroxyl groups is 1. The highest BCUT2D eigenvalue weighted by Gasteiger charge is 2.18. The Balaban J connectivity index is 2.15. The highest BCUT2D eigenvalue weighted by molar-refractivity contribution is 6.01. The van der Waals surface area contributed by atoms with Gasteiger partial charge in [0, 0.05) is 17.0 Å². The summed E-state index contributed by atoms with van der Waals surface area (Å²) in [4.78, 5) is 12.7. The largest absolute Gasteiger partial charge is 0.508 e. The maximum atomic E-state index is 13.3. The normalized spacial score (nSPS) is 10.9. The van der Waals surface area contributed by atoms with Crippen LogP contribution in [0.25, 0.3) is 33.2 Å². The highest BCUT2D eigenvalue weighted by Crippen LogP contribution is 2.36. The van der Waals surface area contributed by atoms with Crippen molar-refractivity contribution in [1.82, 2.24) is 0 Å². The number of rotatable bonds is 2. The molecule has 0 aliphatic rings. The maximum Gasteiger partial charge on any atom is 0.344 e. The van der Waals surface area contributed by atoms with E-state index in [0.29, 0.717) is 27.7 Å². The van der Waals surface area contributed by atoms with Gasteiger partial charge in [-0.05, 0) is 35.4 Å². The number of hydrogen-bond donors (Lipinski definition) is 1. The molecule has 4 heteroatoms. The Morgan fingerprint density at radius 3 is 2.20 bits per heavy atom. The lowest BCUT2D eigenvalue weighted by atomic mass is 9.93. The Bertz CT molecular complexity index is 1110. The molecule has 4 aromatic rings. The van der Waals surface area contributed by atoms with Crippen LogP contribution >= 0.6 is 0 Å². The second-order valence-electron chi connectivity index (χ2n) is 5.69. The van der Waals surface area contributed by atoms with E-state index in [1.807, 2.05) is 30.3 Å². The molecule has 0 aliphatic heterocycles. The van der Waals surface area contributed by atoms with Crippen molar-refractivity contribution in [3.63, 3.8) is 0 Å². The van der Waals surface area contributed by atoms with E-state index in [1.165, 1.54) is 18.2 Å². The van der Waals surface area contributed by atoms with Gasteiger partial charge in [-0.2, -0.15) is 0 Å². The first kappa shape index (κ1) is 15.1. The lowest BCUT2D eigenvalue weighted by Gasteiger charge is -2.12. The molecule has 0 radical (unpaired) electrons. The number of phenols is 1. The van der Waals surface area contributed by atoms with Crippen molar-refractivity contribution < 1.29 is 13.9 Å². The number of hydrogen-bond acceptors (Lipinski definition) is 3. The van der Waals surface area contributed by atoms with E-state index in [-0.39, 0.29) is 11.6 Å². The number of halogens is 1. The van der Waals surface area contributed by atoms with Crippen LogP contribution in [0.5, 0.6) is 5.75 Å². The molecule has 0 bridgehead atoms. The molecule has 0 amide bonds. The first-order valence-corrected chi connectivity index (χ1v) is 7.75. The molecule has 4 rings (SSSR count). The third-order valence-corrected chi connectivity index (χ3v) is 4.09. The van der Waals surface area contributed by atoms with Gasteiger partial charge in [0.25, 0.3) is 0 Å². The SMILES string of the molecule is O=c1oc2cc(O)ccc2c(-c2ccccc2)c1-c1ccc(F)cc1. The predicted octanol–water partition coefficient (Wildman–Crippen LogP) is 4.97. The van der Waals surface area contributed by atoms with Crippen LogP contribution in [0.2, 0.25) is 0 Å². The first-order valence-electron chi connectivity index (χ1n) is 7.75. The van der Waals surface area contributed by atoms with E-state index in [4.69, 9.17) is 4.42 Å². The van der Waals surface area contributed by atoms with Crippen LogP contribution in [0.4, 0.5) is 4.39 Å². The van der Waals surface area contributed by atoms with E-state index in [2.05, 4.69) is 0 Å². The number of benzene rings is 3. The van der Waals surface area contributed by atoms with Crippen LogP contribution < -0.4 is 5.63 Å². The minimum absolute atomic E-state index is 0.0178. The summed E-state index contributed by atoms with van der Waals surface area (Å²) in [6.07, 6.45) is 0. The van der Waals surface area contributed by atoms with Gasteiger partial charge in [0.1, 0.15) is 17.1 Å². The van der Waals surface area contributed by atoms with Crippen LogP contribution in [0.3, 0.4) is 0 Å². The van der Waals surface area contributed by atoms with E-state index < -0.39 is 5.63 Å². The quantitative estimate of drug-likeness (QED) is 0.527. The summed E-state index contributed by atoms with van der Waals surface area (Å²) in [7, 11) is 0. The molecular formula is C21H13FO3. The van der Waals surface area contributed by atoms with Crippen molar-refractivity contribution in [2.24, 2.45) is 0 Å². The Hall–Kier alpha value is -3.40. The average Bonchev–Trinajstić information content (AvgIpc) is 2.62. The topological polar surface area (TPSA) is 50.4 Å². The molecule has 0 saturated carbocycles. The van der Waals surface area contributed by atoms with E-state index >= 15 is 0 Å². The first-order chi connectivity index (χ1) is 12.1. The zero-order chi connectivity index (χ0) is 17.4. The minimum Gasteiger partial charge on any atom is -0.508 e. The molecule has 0 saturated heterocycles. The van der Waals surface area contributed by atoms with Gasteiger partial charge >= 0.3 is 5.63 Å². The van der Waals surface area contributed by atoms with Gasteiger partial charge in [-0.3, -0.25) is 0 Å². The third-order valence-electron chi connectivity index (χ3n) is 4.09. The molecule has 0 atom stereocenters. The highest BCUT2D eigenvalue weighted by atomic mass is 19.1. The van der Waals surface area contributed by atoms with Gasteiger partial charge < -0.3 is 9.52 Å². The molecule has 0 unspecified atom stereocenters. The summed E-state index contributed by atoms with van der Waals surface area (Å²) in [5.41, 5.74) is 2.23. The second-order valence-corrected chi connectivity index (χ2v) is 5.69. The predicted molar refractivity (Wildman–Crippen MR) is 95.0 cm³/mol. The molecule has 122 valence electrons.